The van der Waals surface area contributed by atoms with Crippen molar-refractivity contribution in [1.29, 1.82) is 5.26 Å². The Hall–Kier alpha value is -1.31. The fourth-order valence-corrected chi connectivity index (χ4v) is 2.62. The van der Waals surface area contributed by atoms with E-state index in [1.54, 1.807) is 0 Å². The molecule has 0 aliphatic carbocycles. The molecule has 0 bridgehead atoms. The van der Waals surface area contributed by atoms with Crippen LogP contribution in [0.3, 0.4) is 0 Å². The van der Waals surface area contributed by atoms with Gasteiger partial charge in [-0.05, 0) is 0 Å². The van der Waals surface area contributed by atoms with Crippen LogP contribution in [0, 0.1) is 11.5 Å². The van der Waals surface area contributed by atoms with E-state index in [1.807, 2.05) is 0 Å². The Morgan fingerprint density at radius 3 is 2.24 bits per heavy atom. The molecule has 11 heteroatoms. The molecule has 2 aromatic heterocycles. The van der Waals surface area contributed by atoms with Gasteiger partial charge in [-0.1, -0.05) is 0 Å². The molecular weight excluding hydrogens is 385 g/mol. The lowest BCUT2D eigenvalue weighted by atomic mass is 10.5. The fraction of sp³-hybridized carbons (Fsp3) is 0. The van der Waals surface area contributed by atoms with Gasteiger partial charge in [-0.25, -0.2) is 13.2 Å². The first-order valence-electron chi connectivity index (χ1n) is 3.86. The molecule has 0 aromatic carbocycles. The highest BCUT2D eigenvalue weighted by molar-refractivity contribution is 9.08. The SMILES string of the molecule is N#Cn1c(=O)n(Cl)c2c1c(=O)n(Br)c(=O)n2Br. The maximum absolute atomic E-state index is 11.7. The second kappa shape index (κ2) is 3.86. The van der Waals surface area contributed by atoms with Crippen molar-refractivity contribution in [1.82, 2.24) is 15.8 Å². The third-order valence-electron chi connectivity index (χ3n) is 1.98. The van der Waals surface area contributed by atoms with Gasteiger partial charge in [0.05, 0.1) is 32.3 Å². The maximum atomic E-state index is 11.7. The molecule has 0 aliphatic rings. The third-order valence-corrected chi connectivity index (χ3v) is 3.55. The fourth-order valence-electron chi connectivity index (χ4n) is 1.27. The van der Waals surface area contributed by atoms with Crippen LogP contribution >= 0.6 is 44.1 Å². The summed E-state index contributed by atoms with van der Waals surface area (Å²) in [5, 5.41) is 8.78. The Labute approximate surface area is 114 Å². The summed E-state index contributed by atoms with van der Waals surface area (Å²) in [6.45, 7) is 0. The van der Waals surface area contributed by atoms with Crippen molar-refractivity contribution in [3.8, 4) is 6.19 Å². The van der Waals surface area contributed by atoms with Crippen LogP contribution in [0.1, 0.15) is 0 Å². The molecule has 0 atom stereocenters. The Kier molecular flexibility index (Phi) is 2.76. The largest absolute Gasteiger partial charge is 0.359 e. The molecule has 0 amide bonds. The topological polar surface area (TPSA) is 94.7 Å². The highest BCUT2D eigenvalue weighted by Gasteiger charge is 2.21. The number of aromatic nitrogens is 4. The van der Waals surface area contributed by atoms with Gasteiger partial charge < -0.3 is 0 Å². The number of hydrogen-bond acceptors (Lipinski definition) is 4. The summed E-state index contributed by atoms with van der Waals surface area (Å²) in [7, 11) is 0. The minimum Gasteiger partial charge on any atom is -0.266 e. The molecule has 0 saturated carbocycles. The predicted molar refractivity (Wildman–Crippen MR) is 65.6 cm³/mol. The van der Waals surface area contributed by atoms with Gasteiger partial charge in [0, 0.05) is 11.8 Å². The van der Waals surface area contributed by atoms with Gasteiger partial charge in [0.1, 0.15) is 0 Å². The van der Waals surface area contributed by atoms with E-state index in [4.69, 9.17) is 17.0 Å². The summed E-state index contributed by atoms with van der Waals surface area (Å²) >= 11 is 11.2. The van der Waals surface area contributed by atoms with Gasteiger partial charge in [0.15, 0.2) is 17.4 Å². The van der Waals surface area contributed by atoms with Gasteiger partial charge in [-0.3, -0.25) is 4.79 Å². The van der Waals surface area contributed by atoms with E-state index in [0.29, 0.717) is 12.2 Å². The van der Waals surface area contributed by atoms with Crippen LogP contribution in [0.25, 0.3) is 11.2 Å². The maximum Gasteiger partial charge on any atom is 0.359 e. The number of rotatable bonds is 0. The van der Waals surface area contributed by atoms with E-state index < -0.39 is 16.9 Å². The van der Waals surface area contributed by atoms with Crippen LogP contribution in [0.4, 0.5) is 0 Å². The van der Waals surface area contributed by atoms with Crippen molar-refractivity contribution in [3.63, 3.8) is 0 Å². The number of hydrogen-bond donors (Lipinski definition) is 0. The lowest BCUT2D eigenvalue weighted by Crippen LogP contribution is -2.32. The van der Waals surface area contributed by atoms with Crippen LogP contribution in [0.2, 0.25) is 0 Å². The molecule has 0 saturated heterocycles. The molecule has 2 heterocycles. The molecule has 8 nitrogen and oxygen atoms in total. The molecule has 0 spiro atoms. The van der Waals surface area contributed by atoms with Crippen LogP contribution in [0.15, 0.2) is 14.4 Å². The summed E-state index contributed by atoms with van der Waals surface area (Å²) in [5.74, 6) is 0. The average molecular weight is 385 g/mol. The van der Waals surface area contributed by atoms with E-state index >= 15 is 0 Å². The first-order valence-corrected chi connectivity index (χ1v) is 5.61. The molecule has 0 aliphatic heterocycles. The van der Waals surface area contributed by atoms with Gasteiger partial charge in [0.2, 0.25) is 0 Å². The van der Waals surface area contributed by atoms with Gasteiger partial charge in [-0.15, -0.1) is 0 Å². The Balaban J connectivity index is 3.38. The lowest BCUT2D eigenvalue weighted by Gasteiger charge is -1.99. The van der Waals surface area contributed by atoms with E-state index in [1.165, 1.54) is 6.19 Å². The first kappa shape index (κ1) is 12.2. The molecular formula is C6Br2ClN5O3. The summed E-state index contributed by atoms with van der Waals surface area (Å²) in [4.78, 5) is 34.8. The van der Waals surface area contributed by atoms with Crippen LogP contribution < -0.4 is 16.9 Å². The zero-order valence-electron chi connectivity index (χ0n) is 7.59. The highest BCUT2D eigenvalue weighted by Crippen LogP contribution is 2.10. The molecule has 0 radical (unpaired) electrons. The quantitative estimate of drug-likeness (QED) is 0.626. The van der Waals surface area contributed by atoms with Crippen molar-refractivity contribution in [2.24, 2.45) is 0 Å². The van der Waals surface area contributed by atoms with Crippen LogP contribution in [-0.2, 0) is 0 Å². The van der Waals surface area contributed by atoms with Crippen molar-refractivity contribution in [3.05, 3.63) is 31.3 Å². The monoisotopic (exact) mass is 383 g/mol. The minimum absolute atomic E-state index is 0.219. The number of nitrogens with zero attached hydrogens (tertiary/aromatic N) is 5. The van der Waals surface area contributed by atoms with E-state index in [2.05, 4.69) is 32.3 Å². The van der Waals surface area contributed by atoms with Crippen LogP contribution in [-0.4, -0.2) is 15.8 Å². The van der Waals surface area contributed by atoms with Crippen molar-refractivity contribution < 1.29 is 0 Å². The number of nitriles is 1. The van der Waals surface area contributed by atoms with E-state index in [0.717, 1.165) is 3.59 Å². The predicted octanol–water partition coefficient (Wildman–Crippen LogP) is -0.227. The molecule has 88 valence electrons. The van der Waals surface area contributed by atoms with Gasteiger partial charge >= 0.3 is 11.4 Å². The molecule has 0 fully saturated rings. The number of imidazole rings is 1. The number of fused-ring (bicyclic) bond motifs is 1. The van der Waals surface area contributed by atoms with Crippen molar-refractivity contribution in [2.75, 3.05) is 0 Å². The number of halogens is 3. The first-order chi connectivity index (χ1) is 7.91. The van der Waals surface area contributed by atoms with E-state index in [9.17, 15) is 14.4 Å². The van der Waals surface area contributed by atoms with Gasteiger partial charge in [-0.2, -0.15) is 17.5 Å². The molecule has 2 rings (SSSR count). The summed E-state index contributed by atoms with van der Waals surface area (Å²) in [5.41, 5.74) is -3.14. The second-order valence-corrected chi connectivity index (χ2v) is 4.58. The zero-order valence-corrected chi connectivity index (χ0v) is 11.5. The molecule has 17 heavy (non-hydrogen) atoms. The standard InChI is InChI=1S/C6Br2ClN5O3/c7-12-3-2(4(15)13(8)6(12)17)11(1-10)5(16)14(3)9. The summed E-state index contributed by atoms with van der Waals surface area (Å²) in [6.07, 6.45) is 1.50. The second-order valence-electron chi connectivity index (χ2n) is 2.82. The average Bonchev–Trinajstić information content (AvgIpc) is 2.57. The lowest BCUT2D eigenvalue weighted by molar-refractivity contribution is 0.986. The normalized spacial score (nSPS) is 10.7. The Morgan fingerprint density at radius 2 is 1.71 bits per heavy atom. The zero-order chi connectivity index (χ0) is 12.9. The minimum atomic E-state index is -0.937. The highest BCUT2D eigenvalue weighted by atomic mass is 79.9. The molecule has 0 unspecified atom stereocenters. The summed E-state index contributed by atoms with van der Waals surface area (Å²) in [6, 6.07) is 0. The smallest absolute Gasteiger partial charge is 0.266 e. The Morgan fingerprint density at radius 1 is 1.12 bits per heavy atom. The Bertz CT molecular complexity index is 850. The van der Waals surface area contributed by atoms with Crippen molar-refractivity contribution >= 4 is 55.2 Å². The molecule has 0 N–H and O–H groups in total. The van der Waals surface area contributed by atoms with E-state index in [-0.39, 0.29) is 11.2 Å². The summed E-state index contributed by atoms with van der Waals surface area (Å²) < 4.78 is 2.34. The van der Waals surface area contributed by atoms with Crippen molar-refractivity contribution in [2.45, 2.75) is 0 Å². The molecule has 2 aromatic rings. The van der Waals surface area contributed by atoms with Gasteiger partial charge in [0.25, 0.3) is 5.56 Å². The third kappa shape index (κ3) is 1.43. The van der Waals surface area contributed by atoms with Crippen LogP contribution in [0.5, 0.6) is 0 Å².